The topological polar surface area (TPSA) is 173 Å². The number of hydrogen-bond acceptors (Lipinski definition) is 9. The first-order valence-corrected chi connectivity index (χ1v) is 18.8. The van der Waals surface area contributed by atoms with Gasteiger partial charge in [-0.25, -0.2) is 14.2 Å². The van der Waals surface area contributed by atoms with Crippen molar-refractivity contribution in [3.05, 3.63) is 81.9 Å². The van der Waals surface area contributed by atoms with E-state index in [0.29, 0.717) is 47.0 Å². The molecule has 3 fully saturated rings. The Labute approximate surface area is 322 Å². The van der Waals surface area contributed by atoms with Crippen LogP contribution in [0, 0.1) is 17.2 Å². The average molecular weight is 787 g/mol. The van der Waals surface area contributed by atoms with Crippen molar-refractivity contribution in [2.45, 2.75) is 75.3 Å². The lowest BCUT2D eigenvalue weighted by Gasteiger charge is -2.38. The Morgan fingerprint density at radius 2 is 1.86 bits per heavy atom. The average Bonchev–Trinajstić information content (AvgIpc) is 3.71. The molecule has 1 unspecified atom stereocenters. The first-order valence-electron chi connectivity index (χ1n) is 18.8. The van der Waals surface area contributed by atoms with Crippen LogP contribution in [0.1, 0.15) is 90.3 Å². The number of fused-ring (bicyclic) bond motifs is 2. The van der Waals surface area contributed by atoms with Crippen molar-refractivity contribution in [1.82, 2.24) is 39.1 Å². The second-order valence-electron chi connectivity index (χ2n) is 15.2. The van der Waals surface area contributed by atoms with Crippen molar-refractivity contribution in [2.75, 3.05) is 25.0 Å². The molecule has 57 heavy (non-hydrogen) atoms. The highest BCUT2D eigenvalue weighted by molar-refractivity contribution is 6.04. The minimum atomic E-state index is -4.78. The van der Waals surface area contributed by atoms with Gasteiger partial charge in [-0.2, -0.15) is 23.5 Å². The normalized spacial score (nSPS) is 23.4. The molecule has 18 heteroatoms. The molecule has 2 N–H and O–H groups in total. The van der Waals surface area contributed by atoms with Crippen molar-refractivity contribution in [1.29, 1.82) is 5.26 Å². The van der Waals surface area contributed by atoms with Crippen LogP contribution < -0.4 is 16.3 Å². The molecule has 3 aromatic heterocycles. The number of anilines is 1. The van der Waals surface area contributed by atoms with Gasteiger partial charge in [0.2, 0.25) is 11.8 Å². The van der Waals surface area contributed by atoms with Crippen molar-refractivity contribution in [2.24, 2.45) is 13.0 Å². The van der Waals surface area contributed by atoms with Crippen LogP contribution in [0.15, 0.2) is 53.7 Å². The van der Waals surface area contributed by atoms with Gasteiger partial charge in [-0.3, -0.25) is 38.5 Å². The monoisotopic (exact) mass is 786 g/mol. The molecular weight excluding hydrogens is 748 g/mol. The first kappa shape index (κ1) is 37.9. The van der Waals surface area contributed by atoms with Crippen molar-refractivity contribution in [3.63, 3.8) is 0 Å². The molecule has 0 spiro atoms. The Balaban J connectivity index is 0.894. The number of para-hydroxylation sites is 1. The Morgan fingerprint density at radius 1 is 1.07 bits per heavy atom. The van der Waals surface area contributed by atoms with Crippen LogP contribution in [0.2, 0.25) is 0 Å². The van der Waals surface area contributed by atoms with Crippen LogP contribution in [0.25, 0.3) is 21.9 Å². The predicted molar refractivity (Wildman–Crippen MR) is 198 cm³/mol. The quantitative estimate of drug-likeness (QED) is 0.167. The number of alkyl halides is 4. The molecule has 2 aromatic carbocycles. The van der Waals surface area contributed by atoms with Crippen LogP contribution in [0.4, 0.5) is 23.2 Å². The summed E-state index contributed by atoms with van der Waals surface area (Å²) in [6, 6.07) is 9.77. The lowest BCUT2D eigenvalue weighted by atomic mass is 9.83. The number of nitrogens with zero attached hydrogens (tertiary/aromatic N) is 8. The van der Waals surface area contributed by atoms with Crippen molar-refractivity contribution in [3.8, 4) is 6.07 Å². The smallest absolute Gasteiger partial charge is 0.319 e. The third kappa shape index (κ3) is 7.27. The summed E-state index contributed by atoms with van der Waals surface area (Å²) < 4.78 is 60.2. The molecule has 3 amide bonds. The molecule has 296 valence electrons. The molecular formula is C39H38F4N10O4. The molecule has 1 saturated carbocycles. The number of carbonyl (C=O) groups is 3. The fraction of sp³-hybridized carbons (Fsp3) is 0.436. The van der Waals surface area contributed by atoms with Crippen molar-refractivity contribution >= 4 is 45.3 Å². The summed E-state index contributed by atoms with van der Waals surface area (Å²) in [5.41, 5.74) is 0.388. The maximum atomic E-state index is 16.1. The highest BCUT2D eigenvalue weighted by Crippen LogP contribution is 2.38. The number of nitriles is 1. The number of likely N-dealkylation sites (tertiary alicyclic amines) is 1. The van der Waals surface area contributed by atoms with Crippen molar-refractivity contribution < 1.29 is 31.9 Å². The molecule has 0 bridgehead atoms. The second kappa shape index (κ2) is 14.8. The molecule has 8 rings (SSSR count). The molecule has 5 heterocycles. The number of imide groups is 1. The number of piperidine rings is 2. The van der Waals surface area contributed by atoms with Gasteiger partial charge in [0, 0.05) is 44.1 Å². The number of aromatic nitrogens is 6. The Morgan fingerprint density at radius 3 is 2.58 bits per heavy atom. The van der Waals surface area contributed by atoms with E-state index >= 15 is 4.39 Å². The van der Waals surface area contributed by atoms with E-state index < -0.39 is 47.5 Å². The van der Waals surface area contributed by atoms with Gasteiger partial charge in [-0.05, 0) is 74.8 Å². The summed E-state index contributed by atoms with van der Waals surface area (Å²) in [6.07, 6.45) is 1.70. The SMILES string of the molecule is Cn1c(=O)n(C2CCC(=O)NC2=O)c2cccc([C@@H]3CCN(CC4CCC(n5cc6cc(NC(=O)c7cncc(C(F)(F)F)n7)c(C#N)cc6n5)CC4)C[C@H]3F)c21. The summed E-state index contributed by atoms with van der Waals surface area (Å²) >= 11 is 0. The van der Waals surface area contributed by atoms with E-state index in [9.17, 15) is 37.6 Å². The van der Waals surface area contributed by atoms with E-state index in [1.54, 1.807) is 25.2 Å². The van der Waals surface area contributed by atoms with E-state index in [2.05, 4.69) is 25.5 Å². The number of halogens is 4. The molecule has 5 aromatic rings. The number of carbonyl (C=O) groups excluding carboxylic acids is 3. The largest absolute Gasteiger partial charge is 0.434 e. The van der Waals surface area contributed by atoms with Gasteiger partial charge in [0.15, 0.2) is 5.69 Å². The molecule has 3 atom stereocenters. The summed E-state index contributed by atoms with van der Waals surface area (Å²) in [7, 11) is 1.63. The van der Waals surface area contributed by atoms with Crippen LogP contribution >= 0.6 is 0 Å². The predicted octanol–water partition coefficient (Wildman–Crippen LogP) is 5.16. The van der Waals surface area contributed by atoms with Crippen LogP contribution in [-0.2, 0) is 22.8 Å². The fourth-order valence-corrected chi connectivity index (χ4v) is 8.71. The number of hydrogen-bond donors (Lipinski definition) is 2. The Hall–Kier alpha value is -5.96. The third-order valence-corrected chi connectivity index (χ3v) is 11.6. The van der Waals surface area contributed by atoms with Crippen LogP contribution in [0.5, 0.6) is 0 Å². The highest BCUT2D eigenvalue weighted by Gasteiger charge is 2.37. The zero-order valence-corrected chi connectivity index (χ0v) is 30.8. The van der Waals surface area contributed by atoms with Gasteiger partial charge in [-0.15, -0.1) is 0 Å². The first-order chi connectivity index (χ1) is 27.3. The Bertz CT molecular complexity index is 2510. The minimum Gasteiger partial charge on any atom is -0.319 e. The summed E-state index contributed by atoms with van der Waals surface area (Å²) in [6.45, 7) is 1.70. The fourth-order valence-electron chi connectivity index (χ4n) is 8.71. The zero-order chi connectivity index (χ0) is 40.2. The lowest BCUT2D eigenvalue weighted by molar-refractivity contribution is -0.141. The van der Waals surface area contributed by atoms with E-state index in [4.69, 9.17) is 5.10 Å². The van der Waals surface area contributed by atoms with Gasteiger partial charge in [-0.1, -0.05) is 12.1 Å². The standard InChI is InChI=1S/C39H38F4N10O4/c1-50-35-26(3-2-4-31(35)53(38(50)57)32-9-10-34(54)48-37(32)56)25-11-12-51(20-27(25)40)18-21-5-7-24(8-6-21)52-19-23-14-28(22(15-44)13-29(23)49-52)47-36(55)30-16-45-17-33(46-30)39(41,42)43/h2-4,13-14,16-17,19,21,24-25,27,32H,5-12,18,20H2,1H3,(H,47,55)(H,48,54,56)/t21?,24?,25-,27+,32?/m0/s1. The molecule has 3 aliphatic rings. The van der Waals surface area contributed by atoms with Gasteiger partial charge in [0.25, 0.3) is 5.91 Å². The van der Waals surface area contributed by atoms with E-state index in [1.165, 1.54) is 15.2 Å². The van der Waals surface area contributed by atoms with E-state index in [1.807, 2.05) is 23.0 Å². The second-order valence-corrected chi connectivity index (χ2v) is 15.2. The van der Waals surface area contributed by atoms with Gasteiger partial charge in [0.05, 0.1) is 46.2 Å². The molecule has 0 radical (unpaired) electrons. The van der Waals surface area contributed by atoms with E-state index in [0.717, 1.165) is 44.0 Å². The number of imidazole rings is 1. The van der Waals surface area contributed by atoms with Gasteiger partial charge < -0.3 is 10.2 Å². The maximum absolute atomic E-state index is 16.1. The molecule has 14 nitrogen and oxygen atoms in total. The minimum absolute atomic E-state index is 0.0804. The number of aryl methyl sites for hydroxylation is 1. The molecule has 1 aliphatic carbocycles. The lowest BCUT2D eigenvalue weighted by Crippen LogP contribution is -2.44. The zero-order valence-electron chi connectivity index (χ0n) is 30.8. The third-order valence-electron chi connectivity index (χ3n) is 11.6. The number of amides is 3. The molecule has 2 aliphatic heterocycles. The van der Waals surface area contributed by atoms with E-state index in [-0.39, 0.29) is 48.3 Å². The summed E-state index contributed by atoms with van der Waals surface area (Å²) in [5.74, 6) is -1.90. The number of benzene rings is 2. The maximum Gasteiger partial charge on any atom is 0.434 e. The summed E-state index contributed by atoms with van der Waals surface area (Å²) in [5, 5.41) is 19.9. The van der Waals surface area contributed by atoms with Gasteiger partial charge >= 0.3 is 11.9 Å². The highest BCUT2D eigenvalue weighted by atomic mass is 19.4. The number of nitrogens with one attached hydrogen (secondary N) is 2. The van der Waals surface area contributed by atoms with Crippen LogP contribution in [0.3, 0.4) is 0 Å². The Kier molecular flexibility index (Phi) is 9.88. The van der Waals surface area contributed by atoms with Gasteiger partial charge in [0.1, 0.15) is 24.0 Å². The molecule has 2 saturated heterocycles. The summed E-state index contributed by atoms with van der Waals surface area (Å²) in [4.78, 5) is 59.7. The van der Waals surface area contributed by atoms with Crippen LogP contribution in [-0.4, -0.2) is 77.3 Å². The number of rotatable bonds is 7.